The summed E-state index contributed by atoms with van der Waals surface area (Å²) in [5, 5.41) is 2.71. The molecule has 2 atom stereocenters. The van der Waals surface area contributed by atoms with E-state index >= 15 is 0 Å². The summed E-state index contributed by atoms with van der Waals surface area (Å²) in [6.07, 6.45) is 0.532. The maximum atomic E-state index is 12.7. The molecule has 0 aliphatic carbocycles. The quantitative estimate of drug-likeness (QED) is 0.770. The van der Waals surface area contributed by atoms with Gasteiger partial charge in [-0.3, -0.25) is 4.79 Å². The zero-order valence-electron chi connectivity index (χ0n) is 14.0. The van der Waals surface area contributed by atoms with Gasteiger partial charge in [0.15, 0.2) is 0 Å². The molecule has 0 spiro atoms. The Hall–Kier alpha value is -2.51. The molecule has 132 valence electrons. The number of nitrogens with two attached hydrogens (primary N) is 1. The third-order valence-corrected chi connectivity index (χ3v) is 4.96. The molecular weight excluding hydrogens is 340 g/mol. The van der Waals surface area contributed by atoms with E-state index in [1.165, 1.54) is 7.11 Å². The molecule has 7 heteroatoms. The summed E-state index contributed by atoms with van der Waals surface area (Å²) in [6, 6.07) is 12.5. The molecule has 0 heterocycles. The first-order chi connectivity index (χ1) is 12.0. The molecule has 0 saturated carbocycles. The molecule has 0 fully saturated rings. The Balaban J connectivity index is 2.18. The Kier molecular flexibility index (Phi) is 6.44. The second kappa shape index (κ2) is 8.55. The highest BCUT2D eigenvalue weighted by Crippen LogP contribution is 2.20. The van der Waals surface area contributed by atoms with Crippen LogP contribution >= 0.6 is 0 Å². The average molecular weight is 360 g/mol. The fourth-order valence-corrected chi connectivity index (χ4v) is 3.17. The number of hydrogen-bond donors (Lipinski definition) is 2. The third kappa shape index (κ3) is 4.74. The van der Waals surface area contributed by atoms with Gasteiger partial charge < -0.3 is 15.8 Å². The van der Waals surface area contributed by atoms with E-state index in [4.69, 9.17) is 5.73 Å². The monoisotopic (exact) mass is 360 g/mol. The summed E-state index contributed by atoms with van der Waals surface area (Å²) in [5.74, 6) is -0.734. The SMILES string of the molecule is CCC(N)C(=O)Nc1cccc(S(=O)c2ccc(C(=O)OC)cc2)c1. The zero-order chi connectivity index (χ0) is 18.4. The molecule has 0 bridgehead atoms. The van der Waals surface area contributed by atoms with Gasteiger partial charge in [-0.1, -0.05) is 13.0 Å². The number of esters is 1. The number of ether oxygens (including phenoxy) is 1. The van der Waals surface area contributed by atoms with Crippen LogP contribution in [0.25, 0.3) is 0 Å². The Morgan fingerprint density at radius 2 is 1.84 bits per heavy atom. The Bertz CT molecular complexity index is 790. The van der Waals surface area contributed by atoms with E-state index in [0.717, 1.165) is 0 Å². The Morgan fingerprint density at radius 1 is 1.16 bits per heavy atom. The van der Waals surface area contributed by atoms with Crippen LogP contribution in [0.2, 0.25) is 0 Å². The highest BCUT2D eigenvalue weighted by atomic mass is 32.2. The number of benzene rings is 2. The van der Waals surface area contributed by atoms with Gasteiger partial charge in [0.2, 0.25) is 5.91 Å². The largest absolute Gasteiger partial charge is 0.465 e. The predicted molar refractivity (Wildman–Crippen MR) is 95.8 cm³/mol. The number of amides is 1. The van der Waals surface area contributed by atoms with E-state index in [9.17, 15) is 13.8 Å². The van der Waals surface area contributed by atoms with Gasteiger partial charge in [0.05, 0.1) is 29.5 Å². The topological polar surface area (TPSA) is 98.5 Å². The van der Waals surface area contributed by atoms with Crippen molar-refractivity contribution in [1.29, 1.82) is 0 Å². The lowest BCUT2D eigenvalue weighted by atomic mass is 10.2. The Morgan fingerprint density at radius 3 is 2.44 bits per heavy atom. The van der Waals surface area contributed by atoms with Crippen LogP contribution in [-0.2, 0) is 20.3 Å². The lowest BCUT2D eigenvalue weighted by molar-refractivity contribution is -0.117. The van der Waals surface area contributed by atoms with Crippen molar-refractivity contribution in [2.24, 2.45) is 5.73 Å². The lowest BCUT2D eigenvalue weighted by Gasteiger charge is -2.11. The van der Waals surface area contributed by atoms with Gasteiger partial charge in [-0.05, 0) is 48.9 Å². The first kappa shape index (κ1) is 18.8. The van der Waals surface area contributed by atoms with Crippen molar-refractivity contribution in [2.45, 2.75) is 29.2 Å². The standard InChI is InChI=1S/C18H20N2O4S/c1-3-16(19)17(21)20-13-5-4-6-15(11-13)25(23)14-9-7-12(8-10-14)18(22)24-2/h4-11,16H,3,19H2,1-2H3,(H,20,21). The first-order valence-corrected chi connectivity index (χ1v) is 8.88. The molecule has 2 aromatic carbocycles. The van der Waals surface area contributed by atoms with Gasteiger partial charge in [-0.15, -0.1) is 0 Å². The number of nitrogens with one attached hydrogen (secondary N) is 1. The van der Waals surface area contributed by atoms with Crippen molar-refractivity contribution in [2.75, 3.05) is 12.4 Å². The maximum absolute atomic E-state index is 12.7. The number of hydrogen-bond acceptors (Lipinski definition) is 5. The first-order valence-electron chi connectivity index (χ1n) is 7.73. The highest BCUT2D eigenvalue weighted by Gasteiger charge is 2.13. The van der Waals surface area contributed by atoms with E-state index < -0.39 is 22.8 Å². The lowest BCUT2D eigenvalue weighted by Crippen LogP contribution is -2.34. The second-order valence-corrected chi connectivity index (χ2v) is 6.80. The van der Waals surface area contributed by atoms with Crippen LogP contribution in [0, 0.1) is 0 Å². The molecule has 0 aliphatic rings. The fraction of sp³-hybridized carbons (Fsp3) is 0.222. The van der Waals surface area contributed by atoms with Gasteiger partial charge in [-0.25, -0.2) is 9.00 Å². The summed E-state index contributed by atoms with van der Waals surface area (Å²) >= 11 is 0. The van der Waals surface area contributed by atoms with Crippen molar-refractivity contribution < 1.29 is 18.5 Å². The predicted octanol–water partition coefficient (Wildman–Crippen LogP) is 2.32. The molecule has 0 aliphatic heterocycles. The second-order valence-electron chi connectivity index (χ2n) is 5.32. The van der Waals surface area contributed by atoms with Crippen LogP contribution in [0.15, 0.2) is 58.3 Å². The molecule has 1 amide bonds. The molecule has 0 aromatic heterocycles. The van der Waals surface area contributed by atoms with E-state index in [-0.39, 0.29) is 5.91 Å². The minimum Gasteiger partial charge on any atom is -0.465 e. The summed E-state index contributed by atoms with van der Waals surface area (Å²) in [7, 11) is -0.138. The van der Waals surface area contributed by atoms with Crippen LogP contribution < -0.4 is 11.1 Å². The molecular formula is C18H20N2O4S. The van der Waals surface area contributed by atoms with Gasteiger partial charge in [-0.2, -0.15) is 0 Å². The van der Waals surface area contributed by atoms with Crippen LogP contribution in [0.3, 0.4) is 0 Å². The van der Waals surface area contributed by atoms with Crippen molar-refractivity contribution in [3.8, 4) is 0 Å². The molecule has 25 heavy (non-hydrogen) atoms. The molecule has 0 saturated heterocycles. The number of carbonyl (C=O) groups excluding carboxylic acids is 2. The van der Waals surface area contributed by atoms with Gasteiger partial charge in [0, 0.05) is 15.5 Å². The van der Waals surface area contributed by atoms with Crippen molar-refractivity contribution >= 4 is 28.4 Å². The van der Waals surface area contributed by atoms with Gasteiger partial charge in [0.25, 0.3) is 0 Å². The van der Waals surface area contributed by atoms with Crippen molar-refractivity contribution in [3.63, 3.8) is 0 Å². The van der Waals surface area contributed by atoms with E-state index in [1.807, 2.05) is 6.92 Å². The summed E-state index contributed by atoms with van der Waals surface area (Å²) in [5.41, 5.74) is 6.61. The van der Waals surface area contributed by atoms with Crippen LogP contribution in [0.1, 0.15) is 23.7 Å². The fourth-order valence-electron chi connectivity index (χ4n) is 2.08. The normalized spacial score (nSPS) is 12.9. The van der Waals surface area contributed by atoms with Crippen molar-refractivity contribution in [1.82, 2.24) is 0 Å². The number of methoxy groups -OCH3 is 1. The molecule has 2 unspecified atom stereocenters. The molecule has 3 N–H and O–H groups in total. The van der Waals surface area contributed by atoms with E-state index in [1.54, 1.807) is 48.5 Å². The van der Waals surface area contributed by atoms with E-state index in [2.05, 4.69) is 10.1 Å². The molecule has 0 radical (unpaired) electrons. The smallest absolute Gasteiger partial charge is 0.337 e. The third-order valence-electron chi connectivity index (χ3n) is 3.58. The van der Waals surface area contributed by atoms with E-state index in [0.29, 0.717) is 27.5 Å². The zero-order valence-corrected chi connectivity index (χ0v) is 14.8. The van der Waals surface area contributed by atoms with Crippen molar-refractivity contribution in [3.05, 3.63) is 54.1 Å². The number of rotatable bonds is 6. The van der Waals surface area contributed by atoms with Crippen LogP contribution in [0.5, 0.6) is 0 Å². The molecule has 2 rings (SSSR count). The number of anilines is 1. The van der Waals surface area contributed by atoms with Gasteiger partial charge >= 0.3 is 5.97 Å². The summed E-state index contributed by atoms with van der Waals surface area (Å²) in [6.45, 7) is 1.83. The number of carbonyl (C=O) groups is 2. The highest BCUT2D eigenvalue weighted by molar-refractivity contribution is 7.85. The van der Waals surface area contributed by atoms with Crippen LogP contribution in [-0.4, -0.2) is 29.2 Å². The average Bonchev–Trinajstić information content (AvgIpc) is 2.66. The summed E-state index contributed by atoms with van der Waals surface area (Å²) < 4.78 is 17.3. The molecule has 2 aromatic rings. The minimum atomic E-state index is -1.44. The van der Waals surface area contributed by atoms with Crippen LogP contribution in [0.4, 0.5) is 5.69 Å². The maximum Gasteiger partial charge on any atom is 0.337 e. The molecule has 6 nitrogen and oxygen atoms in total. The minimum absolute atomic E-state index is 0.284. The summed E-state index contributed by atoms with van der Waals surface area (Å²) in [4.78, 5) is 24.4. The van der Waals surface area contributed by atoms with Gasteiger partial charge in [0.1, 0.15) is 0 Å². The Labute approximate surface area is 148 Å².